The van der Waals surface area contributed by atoms with Crippen LogP contribution in [0, 0.1) is 30.1 Å². The van der Waals surface area contributed by atoms with Crippen molar-refractivity contribution in [1.82, 2.24) is 24.4 Å². The van der Waals surface area contributed by atoms with Crippen molar-refractivity contribution in [3.05, 3.63) is 109 Å². The first-order valence-corrected chi connectivity index (χ1v) is 16.7. The molecule has 0 unspecified atom stereocenters. The summed E-state index contributed by atoms with van der Waals surface area (Å²) in [6, 6.07) is 14.7. The molecule has 0 saturated heterocycles. The quantitative estimate of drug-likeness (QED) is 0.185. The van der Waals surface area contributed by atoms with E-state index in [1.807, 2.05) is 12.1 Å². The summed E-state index contributed by atoms with van der Waals surface area (Å²) in [5.74, 6) is 5.54. The maximum Gasteiger partial charge on any atom is 0.338 e. The molecule has 0 amide bonds. The van der Waals surface area contributed by atoms with Gasteiger partial charge >= 0.3 is 5.97 Å². The van der Waals surface area contributed by atoms with Gasteiger partial charge in [0.15, 0.2) is 0 Å². The highest BCUT2D eigenvalue weighted by Gasteiger charge is 2.25. The fourth-order valence-electron chi connectivity index (χ4n) is 6.42. The molecule has 7 rings (SSSR count). The molecule has 5 heterocycles. The van der Waals surface area contributed by atoms with E-state index in [-0.39, 0.29) is 35.1 Å². The van der Waals surface area contributed by atoms with Crippen LogP contribution in [0.5, 0.6) is 0 Å². The molecular formula is C37H25ClF2N6O3S. The van der Waals surface area contributed by atoms with Crippen molar-refractivity contribution in [3.8, 4) is 40.3 Å². The minimum atomic E-state index is -2.43. The highest BCUT2D eigenvalue weighted by molar-refractivity contribution is 7.18. The third-order valence-corrected chi connectivity index (χ3v) is 9.95. The number of aryl methyl sites for hydroxylation is 1. The van der Waals surface area contributed by atoms with Gasteiger partial charge in [0, 0.05) is 51.9 Å². The molecule has 1 N–H and O–H groups in total. The van der Waals surface area contributed by atoms with Crippen molar-refractivity contribution >= 4 is 50.0 Å². The SMILES string of the molecule is Cc1nc2cnc(-c3cccc4c3CCN(CC(F)F)C4)c(C#N)c2c(=O)n1CC#Cc1ccc(Cl)cc1-c1ccnc2c(C(=O)O)csc12. The van der Waals surface area contributed by atoms with Gasteiger partial charge in [-0.15, -0.1) is 11.3 Å². The zero-order valence-electron chi connectivity index (χ0n) is 26.4. The van der Waals surface area contributed by atoms with Crippen LogP contribution in [0.3, 0.4) is 0 Å². The van der Waals surface area contributed by atoms with Crippen molar-refractivity contribution in [1.29, 1.82) is 5.26 Å². The average molecular weight is 707 g/mol. The van der Waals surface area contributed by atoms with E-state index in [2.05, 4.69) is 32.9 Å². The number of nitriles is 1. The van der Waals surface area contributed by atoms with Crippen LogP contribution >= 0.6 is 22.9 Å². The van der Waals surface area contributed by atoms with Gasteiger partial charge in [-0.05, 0) is 48.7 Å². The van der Waals surface area contributed by atoms with E-state index in [0.29, 0.717) is 63.0 Å². The number of aromatic nitrogens is 4. The van der Waals surface area contributed by atoms with Gasteiger partial charge < -0.3 is 5.11 Å². The van der Waals surface area contributed by atoms with Gasteiger partial charge in [0.25, 0.3) is 12.0 Å². The minimum absolute atomic E-state index is 0.0349. The molecule has 9 nitrogen and oxygen atoms in total. The number of benzene rings is 2. The highest BCUT2D eigenvalue weighted by Crippen LogP contribution is 2.37. The number of halogens is 3. The Kier molecular flexibility index (Phi) is 8.85. The molecule has 4 aromatic heterocycles. The second-order valence-corrected chi connectivity index (χ2v) is 13.0. The maximum absolute atomic E-state index is 14.1. The Hall–Kier alpha value is -5.53. The first-order valence-electron chi connectivity index (χ1n) is 15.4. The van der Waals surface area contributed by atoms with Crippen LogP contribution in [0.2, 0.25) is 5.02 Å². The van der Waals surface area contributed by atoms with Gasteiger partial charge in [-0.25, -0.2) is 18.6 Å². The Labute approximate surface area is 293 Å². The Morgan fingerprint density at radius 1 is 1.16 bits per heavy atom. The number of thiophene rings is 1. The Morgan fingerprint density at radius 3 is 2.78 bits per heavy atom. The smallest absolute Gasteiger partial charge is 0.338 e. The van der Waals surface area contributed by atoms with E-state index in [1.165, 1.54) is 22.1 Å². The largest absolute Gasteiger partial charge is 0.478 e. The average Bonchev–Trinajstić information content (AvgIpc) is 3.54. The van der Waals surface area contributed by atoms with Crippen LogP contribution in [-0.4, -0.2) is 55.0 Å². The number of hydrogen-bond acceptors (Lipinski definition) is 8. The van der Waals surface area contributed by atoms with Gasteiger partial charge in [-0.3, -0.25) is 24.2 Å². The third-order valence-electron chi connectivity index (χ3n) is 8.72. The predicted molar refractivity (Wildman–Crippen MR) is 188 cm³/mol. The number of carboxylic acid groups (broad SMARTS) is 1. The van der Waals surface area contributed by atoms with Crippen LogP contribution < -0.4 is 5.56 Å². The maximum atomic E-state index is 14.1. The lowest BCUT2D eigenvalue weighted by Crippen LogP contribution is -2.34. The molecule has 0 fully saturated rings. The molecular weight excluding hydrogens is 682 g/mol. The number of nitrogens with zero attached hydrogens (tertiary/aromatic N) is 6. The number of hydrogen-bond donors (Lipinski definition) is 1. The predicted octanol–water partition coefficient (Wildman–Crippen LogP) is 6.94. The van der Waals surface area contributed by atoms with Crippen LogP contribution in [0.1, 0.15) is 38.4 Å². The van der Waals surface area contributed by atoms with Gasteiger partial charge in [-0.2, -0.15) is 5.26 Å². The van der Waals surface area contributed by atoms with Crippen LogP contribution in [0.4, 0.5) is 8.78 Å². The van der Waals surface area contributed by atoms with Crippen LogP contribution in [0.25, 0.3) is 43.5 Å². The van der Waals surface area contributed by atoms with E-state index in [9.17, 15) is 28.7 Å². The second kappa shape index (κ2) is 13.4. The van der Waals surface area contributed by atoms with E-state index in [1.54, 1.807) is 53.7 Å². The summed E-state index contributed by atoms with van der Waals surface area (Å²) >= 11 is 7.65. The molecule has 0 saturated carbocycles. The normalized spacial score (nSPS) is 12.9. The Balaban J connectivity index is 1.28. The van der Waals surface area contributed by atoms with Crippen molar-refractivity contribution in [3.63, 3.8) is 0 Å². The van der Waals surface area contributed by atoms with Gasteiger partial charge in [0.1, 0.15) is 11.9 Å². The Morgan fingerprint density at radius 2 is 2.00 bits per heavy atom. The number of rotatable bonds is 6. The number of carboxylic acids is 1. The monoisotopic (exact) mass is 706 g/mol. The van der Waals surface area contributed by atoms with E-state index in [4.69, 9.17) is 11.6 Å². The summed E-state index contributed by atoms with van der Waals surface area (Å²) in [5.41, 5.74) is 5.25. The van der Waals surface area contributed by atoms with E-state index < -0.39 is 18.0 Å². The lowest BCUT2D eigenvalue weighted by molar-refractivity contribution is 0.0699. The first kappa shape index (κ1) is 33.0. The summed E-state index contributed by atoms with van der Waals surface area (Å²) in [7, 11) is 0. The van der Waals surface area contributed by atoms with Gasteiger partial charge in [0.05, 0.1) is 57.2 Å². The van der Waals surface area contributed by atoms with Gasteiger partial charge in [0.2, 0.25) is 0 Å². The van der Waals surface area contributed by atoms with Crippen LogP contribution in [0.15, 0.2) is 65.0 Å². The fourth-order valence-corrected chi connectivity index (χ4v) is 7.62. The third kappa shape index (κ3) is 5.98. The van der Waals surface area contributed by atoms with Gasteiger partial charge in [-0.1, -0.05) is 41.6 Å². The lowest BCUT2D eigenvalue weighted by atomic mass is 9.90. The highest BCUT2D eigenvalue weighted by atomic mass is 35.5. The number of aromatic carboxylic acids is 1. The molecule has 0 spiro atoms. The number of pyridine rings is 2. The van der Waals surface area contributed by atoms with Crippen molar-refractivity contribution in [2.24, 2.45) is 0 Å². The zero-order chi connectivity index (χ0) is 35.1. The molecule has 0 radical (unpaired) electrons. The number of alkyl halides is 2. The fraction of sp³-hybridized carbons (Fsp3) is 0.189. The Bertz CT molecular complexity index is 2530. The number of carbonyl (C=O) groups is 1. The molecule has 0 aliphatic carbocycles. The topological polar surface area (TPSA) is 125 Å². The molecule has 1 aliphatic heterocycles. The van der Waals surface area contributed by atoms with E-state index in [0.717, 1.165) is 16.7 Å². The number of fused-ring (bicyclic) bond motifs is 3. The zero-order valence-corrected chi connectivity index (χ0v) is 27.9. The second-order valence-electron chi connectivity index (χ2n) is 11.7. The summed E-state index contributed by atoms with van der Waals surface area (Å²) in [6.45, 7) is 2.12. The van der Waals surface area contributed by atoms with E-state index >= 15 is 0 Å². The van der Waals surface area contributed by atoms with Crippen LogP contribution in [-0.2, 0) is 19.5 Å². The molecule has 0 bridgehead atoms. The minimum Gasteiger partial charge on any atom is -0.478 e. The summed E-state index contributed by atoms with van der Waals surface area (Å²) in [6.07, 6.45) is 1.09. The first-order chi connectivity index (χ1) is 24.1. The summed E-state index contributed by atoms with van der Waals surface area (Å²) < 4.78 is 28.2. The van der Waals surface area contributed by atoms with Crippen molar-refractivity contribution in [2.45, 2.75) is 32.9 Å². The molecule has 2 aromatic carbocycles. The molecule has 50 heavy (non-hydrogen) atoms. The summed E-state index contributed by atoms with van der Waals surface area (Å²) in [4.78, 5) is 40.9. The molecule has 248 valence electrons. The molecule has 1 aliphatic rings. The molecule has 0 atom stereocenters. The lowest BCUT2D eigenvalue weighted by Gasteiger charge is -2.29. The van der Waals surface area contributed by atoms with Crippen molar-refractivity contribution < 1.29 is 18.7 Å². The molecule has 6 aromatic rings. The van der Waals surface area contributed by atoms with Crippen molar-refractivity contribution in [2.75, 3.05) is 13.1 Å². The molecule has 13 heteroatoms. The standard InChI is InChI=1S/C37H25ClF2N6O3S/c1-20-44-30-16-43-33(25-6-2-4-22-17-45(18-31(39)40)13-10-24(22)25)28(15-41)32(30)36(47)46(20)12-3-5-21-7-8-23(38)14-27(21)26-9-11-42-34-29(37(48)49)19-50-35(26)34/h2,4,6-9,11,14,16,19,31H,10,12-13,17-18H2,1H3,(H,48,49). The summed E-state index contributed by atoms with van der Waals surface area (Å²) in [5, 5.41) is 22.1.